The summed E-state index contributed by atoms with van der Waals surface area (Å²) in [5.74, 6) is 0.0330. The van der Waals surface area contributed by atoms with Crippen molar-refractivity contribution < 1.29 is 10.2 Å². The van der Waals surface area contributed by atoms with Crippen molar-refractivity contribution >= 4 is 17.1 Å². The molecule has 0 aliphatic rings. The van der Waals surface area contributed by atoms with Crippen LogP contribution in [0.25, 0.3) is 11.2 Å². The van der Waals surface area contributed by atoms with Crippen LogP contribution in [0.4, 0.5) is 5.95 Å². The van der Waals surface area contributed by atoms with Crippen LogP contribution in [0.5, 0.6) is 0 Å². The Bertz CT molecular complexity index is 652. The van der Waals surface area contributed by atoms with E-state index in [0.717, 1.165) is 4.57 Å². The Morgan fingerprint density at radius 2 is 2.06 bits per heavy atom. The van der Waals surface area contributed by atoms with Crippen LogP contribution in [0.15, 0.2) is 11.0 Å². The van der Waals surface area contributed by atoms with Crippen molar-refractivity contribution in [1.29, 1.82) is 0 Å². The van der Waals surface area contributed by atoms with E-state index in [9.17, 15) is 15.0 Å². The summed E-state index contributed by atoms with van der Waals surface area (Å²) in [4.78, 5) is 23.7. The van der Waals surface area contributed by atoms with Gasteiger partial charge in [-0.05, 0) is 6.92 Å². The fraction of sp³-hybridized carbons (Fsp3) is 0.400. The molecule has 2 unspecified atom stereocenters. The van der Waals surface area contributed by atoms with Crippen LogP contribution in [-0.2, 0) is 7.05 Å². The molecule has 0 amide bonds. The number of hydrogen-bond acceptors (Lipinski definition) is 7. The van der Waals surface area contributed by atoms with Crippen molar-refractivity contribution in [2.24, 2.45) is 7.05 Å². The highest BCUT2D eigenvalue weighted by Gasteiger charge is 2.18. The van der Waals surface area contributed by atoms with Crippen LogP contribution >= 0.6 is 0 Å². The maximum Gasteiger partial charge on any atom is 0.282 e. The maximum absolute atomic E-state index is 11.9. The monoisotopic (exact) mass is 251 g/mol. The molecular weight excluding hydrogens is 238 g/mol. The van der Waals surface area contributed by atoms with E-state index in [0.29, 0.717) is 0 Å². The van der Waals surface area contributed by atoms with Gasteiger partial charge < -0.3 is 15.9 Å². The van der Waals surface area contributed by atoms with Crippen LogP contribution in [0.3, 0.4) is 0 Å². The van der Waals surface area contributed by atoms with Gasteiger partial charge in [-0.2, -0.15) is 4.98 Å². The minimum absolute atomic E-state index is 0.00361. The second kappa shape index (κ2) is 4.31. The molecule has 0 saturated carbocycles. The zero-order valence-electron chi connectivity index (χ0n) is 9.90. The van der Waals surface area contributed by atoms with Crippen LogP contribution in [0.1, 0.15) is 18.7 Å². The molecule has 8 nitrogen and oxygen atoms in total. The van der Waals surface area contributed by atoms with Crippen molar-refractivity contribution in [3.8, 4) is 0 Å². The molecule has 18 heavy (non-hydrogen) atoms. The number of anilines is 1. The predicted octanol–water partition coefficient (Wildman–Crippen LogP) is -1.28. The summed E-state index contributed by atoms with van der Waals surface area (Å²) in [6.07, 6.45) is -0.961. The van der Waals surface area contributed by atoms with Gasteiger partial charge in [0.25, 0.3) is 5.56 Å². The van der Waals surface area contributed by atoms with E-state index in [1.54, 1.807) is 0 Å². The van der Waals surface area contributed by atoms with Gasteiger partial charge in [-0.15, -0.1) is 0 Å². The molecule has 0 bridgehead atoms. The number of nitrogens with zero attached hydrogens (tertiary/aromatic N) is 4. The Kier molecular flexibility index (Phi) is 2.97. The number of nitrogen functional groups attached to an aromatic ring is 1. The van der Waals surface area contributed by atoms with Crippen LogP contribution < -0.4 is 11.3 Å². The molecule has 0 fully saturated rings. The first-order chi connectivity index (χ1) is 8.41. The van der Waals surface area contributed by atoms with Crippen LogP contribution in [0, 0.1) is 0 Å². The average molecular weight is 251 g/mol. The zero-order valence-corrected chi connectivity index (χ0v) is 9.90. The van der Waals surface area contributed by atoms with Gasteiger partial charge in [0, 0.05) is 7.05 Å². The van der Waals surface area contributed by atoms with Gasteiger partial charge in [-0.1, -0.05) is 0 Å². The highest BCUT2D eigenvalue weighted by atomic mass is 16.3. The van der Waals surface area contributed by atoms with Gasteiger partial charge in [-0.3, -0.25) is 9.36 Å². The van der Waals surface area contributed by atoms with Gasteiger partial charge in [0.15, 0.2) is 11.2 Å². The molecule has 4 N–H and O–H groups in total. The maximum atomic E-state index is 11.9. The van der Waals surface area contributed by atoms with Gasteiger partial charge in [0.2, 0.25) is 5.95 Å². The Morgan fingerprint density at radius 1 is 1.39 bits per heavy atom. The first kappa shape index (κ1) is 12.4. The fourth-order valence-electron chi connectivity index (χ4n) is 1.46. The van der Waals surface area contributed by atoms with Crippen LogP contribution in [0.2, 0.25) is 0 Å². The molecule has 2 atom stereocenters. The third-order valence-electron chi connectivity index (χ3n) is 2.60. The molecule has 0 aromatic carbocycles. The van der Waals surface area contributed by atoms with E-state index < -0.39 is 17.8 Å². The van der Waals surface area contributed by atoms with E-state index in [4.69, 9.17) is 5.73 Å². The molecule has 2 aromatic heterocycles. The summed E-state index contributed by atoms with van der Waals surface area (Å²) in [7, 11) is 1.46. The van der Waals surface area contributed by atoms with Crippen molar-refractivity contribution in [2.75, 3.05) is 5.73 Å². The highest BCUT2D eigenvalue weighted by molar-refractivity contribution is 5.69. The molecule has 0 aliphatic heterocycles. The standard InChI is InChI=1S/C10H13N5O3/c1-4(16)7(17)5-3-12-8-6(13-5)9(18)15(2)10(11)14-8/h3-4,7,16-17H,1-2H3,(H2,11,12,14). The first-order valence-corrected chi connectivity index (χ1v) is 5.27. The molecule has 2 heterocycles. The van der Waals surface area contributed by atoms with Crippen molar-refractivity contribution in [2.45, 2.75) is 19.1 Å². The minimum atomic E-state index is -1.20. The Labute approximate surface area is 102 Å². The number of aliphatic hydroxyl groups is 2. The number of fused-ring (bicyclic) bond motifs is 1. The van der Waals surface area contributed by atoms with Crippen LogP contribution in [-0.4, -0.2) is 35.8 Å². The average Bonchev–Trinajstić information content (AvgIpc) is 2.35. The smallest absolute Gasteiger partial charge is 0.282 e. The Hall–Kier alpha value is -2.06. The molecule has 96 valence electrons. The summed E-state index contributed by atoms with van der Waals surface area (Å²) in [5.41, 5.74) is 5.30. The summed E-state index contributed by atoms with van der Waals surface area (Å²) >= 11 is 0. The van der Waals surface area contributed by atoms with E-state index >= 15 is 0 Å². The number of rotatable bonds is 2. The SMILES string of the molecule is CC(O)C(O)c1cnc2nc(N)n(C)c(=O)c2n1. The number of nitrogens with two attached hydrogens (primary N) is 1. The molecular formula is C10H13N5O3. The van der Waals surface area contributed by atoms with Crippen molar-refractivity contribution in [1.82, 2.24) is 19.5 Å². The number of aromatic nitrogens is 4. The van der Waals surface area contributed by atoms with E-state index in [2.05, 4.69) is 15.0 Å². The molecule has 0 saturated heterocycles. The van der Waals surface area contributed by atoms with E-state index in [1.165, 1.54) is 20.2 Å². The van der Waals surface area contributed by atoms with Gasteiger partial charge in [0.1, 0.15) is 6.10 Å². The largest absolute Gasteiger partial charge is 0.390 e. The molecule has 0 spiro atoms. The third-order valence-corrected chi connectivity index (χ3v) is 2.60. The Morgan fingerprint density at radius 3 is 2.67 bits per heavy atom. The lowest BCUT2D eigenvalue weighted by molar-refractivity contribution is 0.0278. The Balaban J connectivity index is 2.69. The van der Waals surface area contributed by atoms with Gasteiger partial charge >= 0.3 is 0 Å². The first-order valence-electron chi connectivity index (χ1n) is 5.27. The lowest BCUT2D eigenvalue weighted by Crippen LogP contribution is -2.24. The van der Waals surface area contributed by atoms with E-state index in [1.807, 2.05) is 0 Å². The lowest BCUT2D eigenvalue weighted by Gasteiger charge is -2.12. The second-order valence-electron chi connectivity index (χ2n) is 3.99. The third kappa shape index (κ3) is 1.91. The quantitative estimate of drug-likeness (QED) is 0.606. The molecule has 8 heteroatoms. The second-order valence-corrected chi connectivity index (χ2v) is 3.99. The predicted molar refractivity (Wildman–Crippen MR) is 63.6 cm³/mol. The van der Waals surface area contributed by atoms with Gasteiger partial charge in [0.05, 0.1) is 18.0 Å². The summed E-state index contributed by atoms with van der Waals surface area (Å²) in [5, 5.41) is 18.9. The van der Waals surface area contributed by atoms with Gasteiger partial charge in [-0.25, -0.2) is 9.97 Å². The summed E-state index contributed by atoms with van der Waals surface area (Å²) < 4.78 is 1.13. The normalized spacial score (nSPS) is 14.7. The fourth-order valence-corrected chi connectivity index (χ4v) is 1.46. The summed E-state index contributed by atoms with van der Waals surface area (Å²) in [6.45, 7) is 1.41. The minimum Gasteiger partial charge on any atom is -0.390 e. The van der Waals surface area contributed by atoms with E-state index in [-0.39, 0.29) is 22.8 Å². The highest BCUT2D eigenvalue weighted by Crippen LogP contribution is 2.15. The topological polar surface area (TPSA) is 127 Å². The zero-order chi connectivity index (χ0) is 13.4. The molecule has 0 radical (unpaired) electrons. The van der Waals surface area contributed by atoms with Crippen molar-refractivity contribution in [3.63, 3.8) is 0 Å². The number of hydrogen-bond donors (Lipinski definition) is 3. The molecule has 0 aliphatic carbocycles. The summed E-state index contributed by atoms with van der Waals surface area (Å²) in [6, 6.07) is 0. The van der Waals surface area contributed by atoms with Crippen molar-refractivity contribution in [3.05, 3.63) is 22.2 Å². The lowest BCUT2D eigenvalue weighted by atomic mass is 10.2. The number of aliphatic hydroxyl groups excluding tert-OH is 2. The molecule has 2 rings (SSSR count). The molecule has 2 aromatic rings.